The average molecular weight is 476 g/mol. The standard InChI is InChI=1S/C22H26BrN3O4/c1-22(2,16-5-8-18-19(13-16)30-12-11-29-18)14-26-21(28)25-10-9-24-20(27)15-3-6-17(23)7-4-15/h3-8,13H,9-12,14H2,1-2H3,(H,24,27)(H2,25,26,28). The third-order valence-electron chi connectivity index (χ3n) is 4.82. The minimum Gasteiger partial charge on any atom is -0.486 e. The second-order valence-corrected chi connectivity index (χ2v) is 8.53. The topological polar surface area (TPSA) is 88.7 Å². The lowest BCUT2D eigenvalue weighted by Gasteiger charge is -2.27. The molecular weight excluding hydrogens is 450 g/mol. The predicted molar refractivity (Wildman–Crippen MR) is 118 cm³/mol. The first kappa shape index (κ1) is 22.0. The summed E-state index contributed by atoms with van der Waals surface area (Å²) < 4.78 is 12.1. The quantitative estimate of drug-likeness (QED) is 0.536. The summed E-state index contributed by atoms with van der Waals surface area (Å²) in [4.78, 5) is 24.2. The van der Waals surface area contributed by atoms with E-state index in [1.165, 1.54) is 0 Å². The maximum atomic E-state index is 12.1. The van der Waals surface area contributed by atoms with Gasteiger partial charge < -0.3 is 25.4 Å². The second kappa shape index (κ2) is 9.84. The molecule has 0 unspecified atom stereocenters. The van der Waals surface area contributed by atoms with Gasteiger partial charge in [0, 0.05) is 35.1 Å². The van der Waals surface area contributed by atoms with E-state index in [-0.39, 0.29) is 17.4 Å². The monoisotopic (exact) mass is 475 g/mol. The zero-order chi connectivity index (χ0) is 21.6. The molecule has 30 heavy (non-hydrogen) atoms. The first-order valence-electron chi connectivity index (χ1n) is 9.81. The number of rotatable bonds is 7. The van der Waals surface area contributed by atoms with Gasteiger partial charge in [0.1, 0.15) is 13.2 Å². The number of hydrogen-bond acceptors (Lipinski definition) is 4. The van der Waals surface area contributed by atoms with Crippen molar-refractivity contribution in [1.29, 1.82) is 0 Å². The van der Waals surface area contributed by atoms with E-state index in [0.29, 0.717) is 38.4 Å². The van der Waals surface area contributed by atoms with E-state index in [1.807, 2.05) is 30.3 Å². The van der Waals surface area contributed by atoms with E-state index in [2.05, 4.69) is 45.7 Å². The molecule has 0 fully saturated rings. The lowest BCUT2D eigenvalue weighted by Crippen LogP contribution is -2.44. The van der Waals surface area contributed by atoms with Crippen LogP contribution in [0, 0.1) is 0 Å². The summed E-state index contributed by atoms with van der Waals surface area (Å²) in [6.45, 7) is 6.32. The minimum absolute atomic E-state index is 0.176. The molecule has 8 heteroatoms. The lowest BCUT2D eigenvalue weighted by atomic mass is 9.84. The van der Waals surface area contributed by atoms with E-state index >= 15 is 0 Å². The molecule has 160 valence electrons. The van der Waals surface area contributed by atoms with Gasteiger partial charge in [0.05, 0.1) is 0 Å². The Morgan fingerprint density at radius 3 is 2.33 bits per heavy atom. The van der Waals surface area contributed by atoms with Crippen LogP contribution in [0.25, 0.3) is 0 Å². The van der Waals surface area contributed by atoms with Crippen LogP contribution in [0.5, 0.6) is 11.5 Å². The number of fused-ring (bicyclic) bond motifs is 1. The van der Waals surface area contributed by atoms with Gasteiger partial charge in [-0.2, -0.15) is 0 Å². The predicted octanol–water partition coefficient (Wildman–Crippen LogP) is 3.23. The molecule has 0 saturated heterocycles. The van der Waals surface area contributed by atoms with Gasteiger partial charge in [-0.25, -0.2) is 4.79 Å². The molecule has 0 atom stereocenters. The Kier molecular flexibility index (Phi) is 7.20. The highest BCUT2D eigenvalue weighted by atomic mass is 79.9. The van der Waals surface area contributed by atoms with Crippen LogP contribution in [0.4, 0.5) is 4.79 Å². The summed E-state index contributed by atoms with van der Waals surface area (Å²) in [7, 11) is 0. The Bertz CT molecular complexity index is 900. The summed E-state index contributed by atoms with van der Waals surface area (Å²) in [5, 5.41) is 8.42. The first-order chi connectivity index (χ1) is 14.3. The smallest absolute Gasteiger partial charge is 0.314 e. The van der Waals surface area contributed by atoms with Crippen molar-refractivity contribution in [3.63, 3.8) is 0 Å². The molecule has 3 N–H and O–H groups in total. The minimum atomic E-state index is -0.289. The summed E-state index contributed by atoms with van der Waals surface area (Å²) >= 11 is 3.34. The van der Waals surface area contributed by atoms with Crippen molar-refractivity contribution in [1.82, 2.24) is 16.0 Å². The molecule has 3 rings (SSSR count). The molecule has 1 aliphatic heterocycles. The van der Waals surface area contributed by atoms with Crippen LogP contribution >= 0.6 is 15.9 Å². The number of amides is 3. The van der Waals surface area contributed by atoms with Crippen LogP contribution in [0.15, 0.2) is 46.9 Å². The number of nitrogens with one attached hydrogen (secondary N) is 3. The van der Waals surface area contributed by atoms with Gasteiger partial charge >= 0.3 is 6.03 Å². The van der Waals surface area contributed by atoms with Crippen LogP contribution in [0.3, 0.4) is 0 Å². The van der Waals surface area contributed by atoms with Crippen molar-refractivity contribution in [2.24, 2.45) is 0 Å². The van der Waals surface area contributed by atoms with Gasteiger partial charge in [0.2, 0.25) is 0 Å². The first-order valence-corrected chi connectivity index (χ1v) is 10.6. The third kappa shape index (κ3) is 5.89. The van der Waals surface area contributed by atoms with Crippen molar-refractivity contribution in [2.45, 2.75) is 19.3 Å². The highest BCUT2D eigenvalue weighted by molar-refractivity contribution is 9.10. The fourth-order valence-corrected chi connectivity index (χ4v) is 3.25. The molecule has 1 aliphatic rings. The van der Waals surface area contributed by atoms with Gasteiger partial charge in [-0.15, -0.1) is 0 Å². The second-order valence-electron chi connectivity index (χ2n) is 7.61. The molecule has 2 aromatic carbocycles. The number of halogens is 1. The normalized spacial score (nSPS) is 12.8. The van der Waals surface area contributed by atoms with Crippen LogP contribution in [-0.4, -0.2) is 44.8 Å². The Labute approximate surface area is 184 Å². The van der Waals surface area contributed by atoms with E-state index in [1.54, 1.807) is 12.1 Å². The number of carbonyl (C=O) groups excluding carboxylic acids is 2. The Balaban J connectivity index is 1.40. The molecule has 1 heterocycles. The van der Waals surface area contributed by atoms with Gasteiger partial charge in [-0.3, -0.25) is 4.79 Å². The van der Waals surface area contributed by atoms with Crippen LogP contribution in [-0.2, 0) is 5.41 Å². The molecule has 0 aromatic heterocycles. The van der Waals surface area contributed by atoms with Gasteiger partial charge in [0.25, 0.3) is 5.91 Å². The fraction of sp³-hybridized carbons (Fsp3) is 0.364. The van der Waals surface area contributed by atoms with E-state index in [9.17, 15) is 9.59 Å². The van der Waals surface area contributed by atoms with Crippen molar-refractivity contribution in [3.05, 3.63) is 58.1 Å². The zero-order valence-corrected chi connectivity index (χ0v) is 18.7. The zero-order valence-electron chi connectivity index (χ0n) is 17.1. The maximum Gasteiger partial charge on any atom is 0.314 e. The SMILES string of the molecule is CC(C)(CNC(=O)NCCNC(=O)c1ccc(Br)cc1)c1ccc2c(c1)OCCO2. The Hall–Kier alpha value is -2.74. The summed E-state index contributed by atoms with van der Waals surface area (Å²) in [5.41, 5.74) is 1.33. The molecule has 2 aromatic rings. The van der Waals surface area contributed by atoms with Crippen LogP contribution in [0.1, 0.15) is 29.8 Å². The van der Waals surface area contributed by atoms with Crippen molar-refractivity contribution < 1.29 is 19.1 Å². The molecule has 0 saturated carbocycles. The Morgan fingerprint density at radius 2 is 1.60 bits per heavy atom. The average Bonchev–Trinajstić information content (AvgIpc) is 2.75. The molecule has 0 radical (unpaired) electrons. The Morgan fingerprint density at radius 1 is 0.933 bits per heavy atom. The molecule has 0 spiro atoms. The number of urea groups is 1. The number of benzene rings is 2. The van der Waals surface area contributed by atoms with Crippen molar-refractivity contribution in [2.75, 3.05) is 32.8 Å². The largest absolute Gasteiger partial charge is 0.486 e. The van der Waals surface area contributed by atoms with Crippen LogP contribution < -0.4 is 25.4 Å². The summed E-state index contributed by atoms with van der Waals surface area (Å²) in [6, 6.07) is 12.7. The van der Waals surface area contributed by atoms with E-state index in [4.69, 9.17) is 9.47 Å². The molecular formula is C22H26BrN3O4. The number of carbonyl (C=O) groups is 2. The van der Waals surface area contributed by atoms with Gasteiger partial charge in [-0.05, 0) is 42.0 Å². The number of hydrogen-bond donors (Lipinski definition) is 3. The van der Waals surface area contributed by atoms with Crippen molar-refractivity contribution in [3.8, 4) is 11.5 Å². The summed E-state index contributed by atoms with van der Waals surface area (Å²) in [5.74, 6) is 1.30. The molecule has 0 aliphatic carbocycles. The number of ether oxygens (including phenoxy) is 2. The third-order valence-corrected chi connectivity index (χ3v) is 5.35. The van der Waals surface area contributed by atoms with Crippen molar-refractivity contribution >= 4 is 27.9 Å². The van der Waals surface area contributed by atoms with Gasteiger partial charge in [0.15, 0.2) is 11.5 Å². The van der Waals surface area contributed by atoms with E-state index < -0.39 is 0 Å². The molecule has 0 bridgehead atoms. The summed E-state index contributed by atoms with van der Waals surface area (Å²) in [6.07, 6.45) is 0. The van der Waals surface area contributed by atoms with Gasteiger partial charge in [-0.1, -0.05) is 35.8 Å². The van der Waals surface area contributed by atoms with E-state index in [0.717, 1.165) is 21.5 Å². The van der Waals surface area contributed by atoms with Crippen LogP contribution in [0.2, 0.25) is 0 Å². The molecule has 7 nitrogen and oxygen atoms in total. The fourth-order valence-electron chi connectivity index (χ4n) is 2.99. The maximum absolute atomic E-state index is 12.1. The lowest BCUT2D eigenvalue weighted by molar-refractivity contribution is 0.0954. The highest BCUT2D eigenvalue weighted by Gasteiger charge is 2.24. The highest BCUT2D eigenvalue weighted by Crippen LogP contribution is 2.34. The molecule has 3 amide bonds.